The number of aliphatic hydroxyl groups is 1. The van der Waals surface area contributed by atoms with Crippen LogP contribution in [0.5, 0.6) is 0 Å². The fourth-order valence-corrected chi connectivity index (χ4v) is 5.20. The molecule has 0 aliphatic carbocycles. The number of hydrogen-bond donors (Lipinski definition) is 3. The summed E-state index contributed by atoms with van der Waals surface area (Å²) in [5.41, 5.74) is -0.110. The van der Waals surface area contributed by atoms with E-state index >= 15 is 0 Å². The third-order valence-electron chi connectivity index (χ3n) is 3.69. The van der Waals surface area contributed by atoms with Gasteiger partial charge in [0.2, 0.25) is 11.1 Å². The van der Waals surface area contributed by atoms with Gasteiger partial charge in [-0.25, -0.2) is 9.48 Å². The zero-order valence-corrected chi connectivity index (χ0v) is 14.4. The predicted octanol–water partition coefficient (Wildman–Crippen LogP) is -2.24. The molecule has 3 heterocycles. The number of thioether (sulfide) groups is 2. The Balaban J connectivity index is 0.00000182. The first-order valence-corrected chi connectivity index (χ1v) is 8.92. The van der Waals surface area contributed by atoms with Crippen molar-refractivity contribution in [3.63, 3.8) is 0 Å². The number of amides is 1. The quantitative estimate of drug-likeness (QED) is 0.241. The van der Waals surface area contributed by atoms with E-state index in [1.165, 1.54) is 23.6 Å². The molecule has 0 radical (unpaired) electrons. The van der Waals surface area contributed by atoms with Crippen LogP contribution in [0.1, 0.15) is 6.92 Å². The third-order valence-corrected chi connectivity index (χ3v) is 6.23. The molecule has 1 saturated heterocycles. The Bertz CT molecular complexity index is 788. The maximum absolute atomic E-state index is 12.1. The van der Waals surface area contributed by atoms with E-state index in [-0.39, 0.29) is 75.7 Å². The number of hydrogen-bond acceptors (Lipinski definition) is 9. The molecule has 27 heavy (non-hydrogen) atoms. The molecular formula is C12H15N5Na2O6S2. The number of rotatable bonds is 7. The van der Waals surface area contributed by atoms with Crippen molar-refractivity contribution in [1.29, 1.82) is 0 Å². The van der Waals surface area contributed by atoms with Gasteiger partial charge in [-0.3, -0.25) is 14.5 Å². The van der Waals surface area contributed by atoms with Gasteiger partial charge < -0.3 is 15.3 Å². The molecule has 1 fully saturated rings. The Morgan fingerprint density at radius 3 is 2.56 bits per heavy atom. The number of carboxylic acid groups (broad SMARTS) is 2. The molecule has 0 bridgehead atoms. The predicted molar refractivity (Wildman–Crippen MR) is 98.5 cm³/mol. The zero-order chi connectivity index (χ0) is 18.3. The molecule has 1 amide bonds. The number of carbonyl (C=O) groups is 3. The number of aromatic nitrogens is 4. The Morgan fingerprint density at radius 2 is 2.00 bits per heavy atom. The van der Waals surface area contributed by atoms with Crippen LogP contribution in [-0.4, -0.2) is 135 Å². The molecule has 3 atom stereocenters. The summed E-state index contributed by atoms with van der Waals surface area (Å²) >= 11 is 2.29. The average Bonchev–Trinajstić information content (AvgIpc) is 3.06. The summed E-state index contributed by atoms with van der Waals surface area (Å²) < 4.78 is 1.09. The van der Waals surface area contributed by atoms with Crippen LogP contribution in [0.2, 0.25) is 0 Å². The maximum atomic E-state index is 12.1. The molecule has 3 rings (SSSR count). The van der Waals surface area contributed by atoms with Crippen molar-refractivity contribution >= 4 is 100 Å². The monoisotopic (exact) mass is 435 g/mol. The normalized spacial score (nSPS) is 21.7. The van der Waals surface area contributed by atoms with Crippen molar-refractivity contribution in [2.24, 2.45) is 5.92 Å². The van der Waals surface area contributed by atoms with Crippen molar-refractivity contribution in [1.82, 2.24) is 25.1 Å². The van der Waals surface area contributed by atoms with Gasteiger partial charge in [-0.1, -0.05) is 11.8 Å². The van der Waals surface area contributed by atoms with Gasteiger partial charge in [0.1, 0.15) is 17.6 Å². The first-order valence-electron chi connectivity index (χ1n) is 7.06. The van der Waals surface area contributed by atoms with E-state index in [1.807, 2.05) is 0 Å². The number of carboxylic acids is 2. The molecule has 0 aromatic carbocycles. The standard InChI is InChI=1S/C12H13N5O6S2.2Na.2H/c1-4(18)7-9(21)17-8(11(22)23)5(25-10(7)17)3-24-12-13-14-15-16(12)2-6(19)20;;;;/h4,7,10,18H,2-3H2,1H3,(H,19,20)(H,22,23);;;;/t4?,7-,10+;;;;/m0..../s1. The van der Waals surface area contributed by atoms with Crippen LogP contribution in [0.3, 0.4) is 0 Å². The van der Waals surface area contributed by atoms with Crippen molar-refractivity contribution in [2.45, 2.75) is 30.1 Å². The summed E-state index contributed by atoms with van der Waals surface area (Å²) in [6.07, 6.45) is -0.869. The molecule has 0 spiro atoms. The van der Waals surface area contributed by atoms with E-state index in [2.05, 4.69) is 15.5 Å². The first kappa shape index (κ1) is 24.9. The molecule has 1 aromatic rings. The van der Waals surface area contributed by atoms with Crippen LogP contribution in [0, 0.1) is 5.92 Å². The van der Waals surface area contributed by atoms with Crippen molar-refractivity contribution < 1.29 is 29.7 Å². The SMILES string of the molecule is CC(O)[C@H]1C(=O)N2C(C(=O)O)=C(CSc3nnnn3CC(=O)O)S[C@H]12.[NaH].[NaH]. The number of nitrogens with zero attached hydrogens (tertiary/aromatic N) is 5. The zero-order valence-electron chi connectivity index (χ0n) is 12.8. The molecule has 15 heteroatoms. The fourth-order valence-electron chi connectivity index (χ4n) is 2.61. The van der Waals surface area contributed by atoms with E-state index in [1.54, 1.807) is 0 Å². The van der Waals surface area contributed by atoms with Crippen LogP contribution >= 0.6 is 23.5 Å². The van der Waals surface area contributed by atoms with Crippen molar-refractivity contribution in [3.05, 3.63) is 10.6 Å². The second kappa shape index (κ2) is 10.1. The minimum absolute atomic E-state index is 0. The fraction of sp³-hybridized carbons (Fsp3) is 0.500. The summed E-state index contributed by atoms with van der Waals surface area (Å²) in [5.74, 6) is -3.23. The third kappa shape index (κ3) is 4.90. The van der Waals surface area contributed by atoms with E-state index in [0.29, 0.717) is 4.91 Å². The summed E-state index contributed by atoms with van der Waals surface area (Å²) in [4.78, 5) is 36.0. The summed E-state index contributed by atoms with van der Waals surface area (Å²) in [5, 5.41) is 38.4. The molecule has 0 saturated carbocycles. The van der Waals surface area contributed by atoms with E-state index in [9.17, 15) is 24.6 Å². The van der Waals surface area contributed by atoms with Crippen LogP contribution in [0.25, 0.3) is 0 Å². The molecular weight excluding hydrogens is 420 g/mol. The number of tetrazole rings is 1. The minimum atomic E-state index is -1.23. The number of aliphatic carboxylic acids is 2. The van der Waals surface area contributed by atoms with Gasteiger partial charge in [-0.05, 0) is 17.4 Å². The second-order valence-corrected chi connectivity index (χ2v) is 7.52. The van der Waals surface area contributed by atoms with E-state index < -0.39 is 41.8 Å². The van der Waals surface area contributed by atoms with Crippen LogP contribution in [0.15, 0.2) is 15.8 Å². The molecule has 3 N–H and O–H groups in total. The number of carbonyl (C=O) groups excluding carboxylic acids is 1. The number of fused-ring (bicyclic) bond motifs is 1. The Labute approximate surface area is 205 Å². The second-order valence-electron chi connectivity index (χ2n) is 5.36. The topological polar surface area (TPSA) is 159 Å². The van der Waals surface area contributed by atoms with Crippen molar-refractivity contribution in [2.75, 3.05) is 5.75 Å². The van der Waals surface area contributed by atoms with Crippen molar-refractivity contribution in [3.8, 4) is 0 Å². The Morgan fingerprint density at radius 1 is 1.33 bits per heavy atom. The van der Waals surface area contributed by atoms with Crippen LogP contribution < -0.4 is 0 Å². The molecule has 1 unspecified atom stereocenters. The van der Waals surface area contributed by atoms with E-state index in [0.717, 1.165) is 16.4 Å². The number of aliphatic hydroxyl groups excluding tert-OH is 1. The van der Waals surface area contributed by atoms with Crippen LogP contribution in [-0.2, 0) is 20.9 Å². The molecule has 138 valence electrons. The van der Waals surface area contributed by atoms with Gasteiger partial charge in [0.25, 0.3) is 0 Å². The summed E-state index contributed by atoms with van der Waals surface area (Å²) in [7, 11) is 0. The van der Waals surface area contributed by atoms with Gasteiger partial charge in [0, 0.05) is 10.7 Å². The van der Waals surface area contributed by atoms with E-state index in [4.69, 9.17) is 5.11 Å². The summed E-state index contributed by atoms with van der Waals surface area (Å²) in [6.45, 7) is 1.08. The number of β-lactam (4-membered cyclic amide) rings is 1. The molecule has 1 aromatic heterocycles. The van der Waals surface area contributed by atoms with Gasteiger partial charge in [-0.15, -0.1) is 16.9 Å². The van der Waals surface area contributed by atoms with Gasteiger partial charge in [0.15, 0.2) is 0 Å². The Hall–Kier alpha value is -0.120. The summed E-state index contributed by atoms with van der Waals surface area (Å²) in [6, 6.07) is 0. The molecule has 2 aliphatic heterocycles. The average molecular weight is 435 g/mol. The molecule has 11 nitrogen and oxygen atoms in total. The molecule has 2 aliphatic rings. The van der Waals surface area contributed by atoms with Gasteiger partial charge in [0.05, 0.1) is 12.0 Å². The first-order chi connectivity index (χ1) is 11.8. The van der Waals surface area contributed by atoms with Crippen LogP contribution in [0.4, 0.5) is 0 Å². The van der Waals surface area contributed by atoms with Gasteiger partial charge in [-0.2, -0.15) is 0 Å². The van der Waals surface area contributed by atoms with Gasteiger partial charge >= 0.3 is 71.1 Å². The Kier molecular flexibility index (Phi) is 9.30.